The minimum absolute atomic E-state index is 0.0129. The first-order chi connectivity index (χ1) is 16.8. The lowest BCUT2D eigenvalue weighted by molar-refractivity contribution is -0.139. The van der Waals surface area contributed by atoms with Crippen LogP contribution in [0.3, 0.4) is 0 Å². The standard InChI is InChI=1S/C29H33BrN2O2S/c1-21(2)31-29(34)27(17-23-9-5-4-6-10-23)32(18-24-12-14-26(30)15-13-24)28(33)20-35-19-25-11-7-8-22(3)16-25/h4-16,21,27H,17-20H2,1-3H3,(H,31,34). The van der Waals surface area contributed by atoms with Crippen LogP contribution in [-0.4, -0.2) is 34.6 Å². The van der Waals surface area contributed by atoms with E-state index in [1.807, 2.05) is 74.5 Å². The molecule has 3 aromatic rings. The Hall–Kier alpha value is -2.57. The Morgan fingerprint density at radius 3 is 2.26 bits per heavy atom. The van der Waals surface area contributed by atoms with E-state index in [4.69, 9.17) is 0 Å². The minimum Gasteiger partial charge on any atom is -0.352 e. The predicted octanol–water partition coefficient (Wildman–Crippen LogP) is 6.16. The van der Waals surface area contributed by atoms with Crippen LogP contribution in [0.4, 0.5) is 0 Å². The zero-order valence-corrected chi connectivity index (χ0v) is 22.9. The number of benzene rings is 3. The number of carbonyl (C=O) groups is 2. The highest BCUT2D eigenvalue weighted by Gasteiger charge is 2.30. The van der Waals surface area contributed by atoms with Gasteiger partial charge in [0.05, 0.1) is 5.75 Å². The van der Waals surface area contributed by atoms with E-state index in [9.17, 15) is 9.59 Å². The molecule has 0 aliphatic carbocycles. The Morgan fingerprint density at radius 1 is 0.914 bits per heavy atom. The summed E-state index contributed by atoms with van der Waals surface area (Å²) in [6.45, 7) is 6.33. The first-order valence-electron chi connectivity index (χ1n) is 11.8. The number of hydrogen-bond acceptors (Lipinski definition) is 3. The van der Waals surface area contributed by atoms with Gasteiger partial charge in [-0.25, -0.2) is 0 Å². The van der Waals surface area contributed by atoms with Crippen molar-refractivity contribution >= 4 is 39.5 Å². The Morgan fingerprint density at radius 2 is 1.60 bits per heavy atom. The highest BCUT2D eigenvalue weighted by atomic mass is 79.9. The van der Waals surface area contributed by atoms with Gasteiger partial charge in [-0.05, 0) is 49.6 Å². The van der Waals surface area contributed by atoms with Gasteiger partial charge in [0.15, 0.2) is 0 Å². The molecule has 0 spiro atoms. The van der Waals surface area contributed by atoms with Crippen LogP contribution < -0.4 is 5.32 Å². The average Bonchev–Trinajstić information content (AvgIpc) is 2.82. The van der Waals surface area contributed by atoms with Gasteiger partial charge in [-0.15, -0.1) is 11.8 Å². The summed E-state index contributed by atoms with van der Waals surface area (Å²) in [5.41, 5.74) is 4.42. The molecule has 2 amide bonds. The predicted molar refractivity (Wildman–Crippen MR) is 149 cm³/mol. The Kier molecular flexibility index (Phi) is 10.4. The van der Waals surface area contributed by atoms with E-state index in [0.717, 1.165) is 21.4 Å². The van der Waals surface area contributed by atoms with Crippen molar-refractivity contribution in [2.24, 2.45) is 0 Å². The topological polar surface area (TPSA) is 49.4 Å². The lowest BCUT2D eigenvalue weighted by Crippen LogP contribution is -2.52. The van der Waals surface area contributed by atoms with E-state index in [0.29, 0.717) is 18.7 Å². The van der Waals surface area contributed by atoms with Gasteiger partial charge < -0.3 is 10.2 Å². The lowest BCUT2D eigenvalue weighted by Gasteiger charge is -2.32. The van der Waals surface area contributed by atoms with Gasteiger partial charge in [0.25, 0.3) is 0 Å². The summed E-state index contributed by atoms with van der Waals surface area (Å²) in [5, 5.41) is 3.03. The van der Waals surface area contributed by atoms with Crippen LogP contribution in [-0.2, 0) is 28.3 Å². The van der Waals surface area contributed by atoms with E-state index in [1.54, 1.807) is 16.7 Å². The van der Waals surface area contributed by atoms with Gasteiger partial charge >= 0.3 is 0 Å². The van der Waals surface area contributed by atoms with Gasteiger partial charge in [0.2, 0.25) is 11.8 Å². The van der Waals surface area contributed by atoms with Crippen molar-refractivity contribution in [3.05, 3.63) is 106 Å². The zero-order valence-electron chi connectivity index (χ0n) is 20.5. The molecule has 0 aromatic heterocycles. The van der Waals surface area contributed by atoms with Crippen molar-refractivity contribution in [1.82, 2.24) is 10.2 Å². The summed E-state index contributed by atoms with van der Waals surface area (Å²) in [6.07, 6.45) is 0.463. The van der Waals surface area contributed by atoms with E-state index < -0.39 is 6.04 Å². The number of carbonyl (C=O) groups excluding carboxylic acids is 2. The van der Waals surface area contributed by atoms with Crippen LogP contribution >= 0.6 is 27.7 Å². The summed E-state index contributed by atoms with van der Waals surface area (Å²) < 4.78 is 0.978. The molecule has 0 aliphatic rings. The molecule has 0 bridgehead atoms. The fourth-order valence-corrected chi connectivity index (χ4v) is 4.98. The number of thioether (sulfide) groups is 1. The number of aryl methyl sites for hydroxylation is 1. The Labute approximate surface area is 221 Å². The maximum atomic E-state index is 13.6. The van der Waals surface area contributed by atoms with Gasteiger partial charge in [-0.3, -0.25) is 9.59 Å². The molecule has 0 saturated carbocycles. The molecule has 3 rings (SSSR count). The van der Waals surface area contributed by atoms with Gasteiger partial charge in [-0.1, -0.05) is 88.2 Å². The molecule has 35 heavy (non-hydrogen) atoms. The van der Waals surface area contributed by atoms with Crippen molar-refractivity contribution in [3.8, 4) is 0 Å². The van der Waals surface area contributed by atoms with Crippen LogP contribution in [0.1, 0.15) is 36.1 Å². The van der Waals surface area contributed by atoms with Gasteiger partial charge in [-0.2, -0.15) is 0 Å². The lowest BCUT2D eigenvalue weighted by atomic mass is 10.0. The van der Waals surface area contributed by atoms with Crippen molar-refractivity contribution < 1.29 is 9.59 Å². The molecule has 0 radical (unpaired) electrons. The summed E-state index contributed by atoms with van der Waals surface area (Å²) in [4.78, 5) is 28.7. The SMILES string of the molecule is Cc1cccc(CSCC(=O)N(Cc2ccc(Br)cc2)C(Cc2ccccc2)C(=O)NC(C)C)c1. The monoisotopic (exact) mass is 552 g/mol. The highest BCUT2D eigenvalue weighted by molar-refractivity contribution is 9.10. The third-order valence-electron chi connectivity index (χ3n) is 5.54. The van der Waals surface area contributed by atoms with Crippen LogP contribution in [0, 0.1) is 6.92 Å². The number of halogens is 1. The number of nitrogens with zero attached hydrogens (tertiary/aromatic N) is 1. The summed E-state index contributed by atoms with van der Waals surface area (Å²) in [7, 11) is 0. The Balaban J connectivity index is 1.84. The fourth-order valence-electron chi connectivity index (χ4n) is 3.86. The molecular weight excluding hydrogens is 520 g/mol. The molecule has 0 saturated heterocycles. The minimum atomic E-state index is -0.601. The third kappa shape index (κ3) is 8.86. The maximum Gasteiger partial charge on any atom is 0.243 e. The molecule has 1 atom stereocenters. The molecule has 0 fully saturated rings. The Bertz CT molecular complexity index is 1100. The maximum absolute atomic E-state index is 13.6. The first-order valence-corrected chi connectivity index (χ1v) is 13.8. The number of amides is 2. The molecule has 3 aromatic carbocycles. The van der Waals surface area contributed by atoms with Crippen molar-refractivity contribution in [2.45, 2.75) is 51.6 Å². The molecule has 184 valence electrons. The summed E-state index contributed by atoms with van der Waals surface area (Å²) in [6, 6.07) is 25.5. The number of rotatable bonds is 11. The van der Waals surface area contributed by atoms with Crippen LogP contribution in [0.2, 0.25) is 0 Å². The van der Waals surface area contributed by atoms with E-state index in [1.165, 1.54) is 11.1 Å². The smallest absolute Gasteiger partial charge is 0.243 e. The second-order valence-corrected chi connectivity index (χ2v) is 10.9. The molecule has 1 N–H and O–H groups in total. The van der Waals surface area contributed by atoms with Gasteiger partial charge in [0.1, 0.15) is 6.04 Å². The normalized spacial score (nSPS) is 11.8. The van der Waals surface area contributed by atoms with Gasteiger partial charge in [0, 0.05) is 29.2 Å². The summed E-state index contributed by atoms with van der Waals surface area (Å²) >= 11 is 5.06. The highest BCUT2D eigenvalue weighted by Crippen LogP contribution is 2.20. The quantitative estimate of drug-likeness (QED) is 0.310. The van der Waals surface area contributed by atoms with Crippen molar-refractivity contribution in [2.75, 3.05) is 5.75 Å². The molecule has 0 aliphatic heterocycles. The molecule has 1 unspecified atom stereocenters. The molecular formula is C29H33BrN2O2S. The fraction of sp³-hybridized carbons (Fsp3) is 0.310. The third-order valence-corrected chi connectivity index (χ3v) is 7.06. The van der Waals surface area contributed by atoms with Crippen LogP contribution in [0.5, 0.6) is 0 Å². The van der Waals surface area contributed by atoms with Crippen molar-refractivity contribution in [3.63, 3.8) is 0 Å². The first kappa shape index (κ1) is 27.0. The number of nitrogens with one attached hydrogen (secondary N) is 1. The average molecular weight is 554 g/mol. The molecule has 6 heteroatoms. The van der Waals surface area contributed by atoms with E-state index in [-0.39, 0.29) is 17.9 Å². The second kappa shape index (κ2) is 13.5. The van der Waals surface area contributed by atoms with Crippen molar-refractivity contribution in [1.29, 1.82) is 0 Å². The van der Waals surface area contributed by atoms with E-state index >= 15 is 0 Å². The molecule has 4 nitrogen and oxygen atoms in total. The number of hydrogen-bond donors (Lipinski definition) is 1. The van der Waals surface area contributed by atoms with E-state index in [2.05, 4.69) is 46.4 Å². The second-order valence-electron chi connectivity index (χ2n) is 9.00. The summed E-state index contributed by atoms with van der Waals surface area (Å²) in [5.74, 6) is 0.898. The van der Waals surface area contributed by atoms with Crippen LogP contribution in [0.25, 0.3) is 0 Å². The largest absolute Gasteiger partial charge is 0.352 e. The van der Waals surface area contributed by atoms with Crippen LogP contribution in [0.15, 0.2) is 83.3 Å². The molecule has 0 heterocycles. The zero-order chi connectivity index (χ0) is 25.2.